The highest BCUT2D eigenvalue weighted by Crippen LogP contribution is 2.28. The van der Waals surface area contributed by atoms with Crippen LogP contribution in [-0.4, -0.2) is 41.6 Å². The Kier molecular flexibility index (Phi) is 3.82. The maximum absolute atomic E-state index is 9.07. The fourth-order valence-electron chi connectivity index (χ4n) is 3.37. The lowest BCUT2D eigenvalue weighted by atomic mass is 9.97. The van der Waals surface area contributed by atoms with E-state index in [0.29, 0.717) is 22.8 Å². The van der Waals surface area contributed by atoms with Crippen molar-refractivity contribution in [1.82, 2.24) is 9.88 Å². The van der Waals surface area contributed by atoms with E-state index in [1.54, 1.807) is 6.07 Å². The standard InChI is InChI=1S/C15H19ClN4/c1-11-9-19-5-3-2-4-13(19)10-20(11)15-7-12(8-17)6-14(16)18-15/h6-7,11,13H,2-5,9-10H2,1H3. The van der Waals surface area contributed by atoms with Crippen LogP contribution in [0, 0.1) is 11.3 Å². The molecule has 4 nitrogen and oxygen atoms in total. The minimum absolute atomic E-state index is 0.400. The summed E-state index contributed by atoms with van der Waals surface area (Å²) in [6.07, 6.45) is 3.89. The van der Waals surface area contributed by atoms with Crippen LogP contribution in [0.4, 0.5) is 5.82 Å². The summed E-state index contributed by atoms with van der Waals surface area (Å²) in [5.41, 5.74) is 0.582. The van der Waals surface area contributed by atoms with Gasteiger partial charge in [0.25, 0.3) is 0 Å². The van der Waals surface area contributed by atoms with E-state index >= 15 is 0 Å². The zero-order chi connectivity index (χ0) is 14.1. The summed E-state index contributed by atoms with van der Waals surface area (Å²) >= 11 is 6.03. The molecule has 2 atom stereocenters. The number of pyridine rings is 1. The average Bonchev–Trinajstić information content (AvgIpc) is 2.45. The molecule has 0 radical (unpaired) electrons. The molecule has 1 aromatic rings. The van der Waals surface area contributed by atoms with Crippen LogP contribution in [0.15, 0.2) is 12.1 Å². The number of aromatic nitrogens is 1. The Morgan fingerprint density at radius 2 is 2.20 bits per heavy atom. The predicted octanol–water partition coefficient (Wildman–Crippen LogP) is 2.67. The normalized spacial score (nSPS) is 26.9. The van der Waals surface area contributed by atoms with E-state index in [1.807, 2.05) is 6.07 Å². The number of hydrogen-bond donors (Lipinski definition) is 0. The van der Waals surface area contributed by atoms with Crippen molar-refractivity contribution in [3.05, 3.63) is 22.8 Å². The van der Waals surface area contributed by atoms with Crippen molar-refractivity contribution in [2.24, 2.45) is 0 Å². The summed E-state index contributed by atoms with van der Waals surface area (Å²) in [5, 5.41) is 9.48. The van der Waals surface area contributed by atoms with Gasteiger partial charge >= 0.3 is 0 Å². The smallest absolute Gasteiger partial charge is 0.132 e. The highest BCUT2D eigenvalue weighted by molar-refractivity contribution is 6.29. The summed E-state index contributed by atoms with van der Waals surface area (Å²) < 4.78 is 0. The monoisotopic (exact) mass is 290 g/mol. The number of anilines is 1. The van der Waals surface area contributed by atoms with Crippen molar-refractivity contribution in [2.75, 3.05) is 24.5 Å². The molecule has 0 saturated carbocycles. The third kappa shape index (κ3) is 2.61. The molecule has 2 aliphatic heterocycles. The van der Waals surface area contributed by atoms with Gasteiger partial charge in [0.05, 0.1) is 11.6 Å². The number of fused-ring (bicyclic) bond motifs is 1. The van der Waals surface area contributed by atoms with Gasteiger partial charge in [-0.1, -0.05) is 18.0 Å². The summed E-state index contributed by atoms with van der Waals surface area (Å²) in [6, 6.07) is 6.64. The molecule has 2 saturated heterocycles. The van der Waals surface area contributed by atoms with E-state index in [-0.39, 0.29) is 0 Å². The molecule has 3 heterocycles. The molecule has 106 valence electrons. The Balaban J connectivity index is 1.86. The minimum Gasteiger partial charge on any atom is -0.351 e. The average molecular weight is 291 g/mol. The van der Waals surface area contributed by atoms with Crippen LogP contribution >= 0.6 is 11.6 Å². The number of piperazine rings is 1. The number of nitriles is 1. The second-order valence-electron chi connectivity index (χ2n) is 5.79. The second kappa shape index (κ2) is 5.59. The maximum atomic E-state index is 9.07. The van der Waals surface area contributed by atoms with Crippen LogP contribution in [0.1, 0.15) is 31.7 Å². The Hall–Kier alpha value is -1.31. The van der Waals surface area contributed by atoms with Gasteiger partial charge < -0.3 is 4.90 Å². The molecule has 2 fully saturated rings. The topological polar surface area (TPSA) is 43.2 Å². The van der Waals surface area contributed by atoms with Crippen molar-refractivity contribution in [3.63, 3.8) is 0 Å². The van der Waals surface area contributed by atoms with Gasteiger partial charge in [0.1, 0.15) is 11.0 Å². The predicted molar refractivity (Wildman–Crippen MR) is 80.0 cm³/mol. The Morgan fingerprint density at radius 1 is 1.35 bits per heavy atom. The Morgan fingerprint density at radius 3 is 3.00 bits per heavy atom. The fourth-order valence-corrected chi connectivity index (χ4v) is 3.57. The molecule has 5 heteroatoms. The lowest BCUT2D eigenvalue weighted by Gasteiger charge is -2.48. The van der Waals surface area contributed by atoms with Crippen molar-refractivity contribution >= 4 is 17.4 Å². The molecule has 0 aromatic carbocycles. The zero-order valence-electron chi connectivity index (χ0n) is 11.7. The molecule has 0 N–H and O–H groups in total. The number of piperidine rings is 1. The van der Waals surface area contributed by atoms with Crippen LogP contribution in [0.5, 0.6) is 0 Å². The largest absolute Gasteiger partial charge is 0.351 e. The number of halogens is 1. The van der Waals surface area contributed by atoms with Gasteiger partial charge in [-0.25, -0.2) is 4.98 Å². The molecule has 2 aliphatic rings. The lowest BCUT2D eigenvalue weighted by Crippen LogP contribution is -2.59. The van der Waals surface area contributed by atoms with Gasteiger partial charge in [-0.15, -0.1) is 0 Å². The van der Waals surface area contributed by atoms with Gasteiger partial charge in [-0.2, -0.15) is 5.26 Å². The second-order valence-corrected chi connectivity index (χ2v) is 6.18. The molecule has 0 amide bonds. The first-order chi connectivity index (χ1) is 9.67. The lowest BCUT2D eigenvalue weighted by molar-refractivity contribution is 0.115. The molecule has 0 aliphatic carbocycles. The van der Waals surface area contributed by atoms with E-state index in [0.717, 1.165) is 18.9 Å². The number of hydrogen-bond acceptors (Lipinski definition) is 4. The molecular formula is C15H19ClN4. The third-order valence-electron chi connectivity index (χ3n) is 4.39. The molecule has 0 bridgehead atoms. The van der Waals surface area contributed by atoms with Gasteiger partial charge in [0.2, 0.25) is 0 Å². The first kappa shape index (κ1) is 13.7. The highest BCUT2D eigenvalue weighted by atomic mass is 35.5. The third-order valence-corrected chi connectivity index (χ3v) is 4.58. The van der Waals surface area contributed by atoms with Gasteiger partial charge in [-0.05, 0) is 38.4 Å². The summed E-state index contributed by atoms with van der Waals surface area (Å²) in [7, 11) is 0. The summed E-state index contributed by atoms with van der Waals surface area (Å²) in [4.78, 5) is 9.32. The van der Waals surface area contributed by atoms with Crippen LogP contribution < -0.4 is 4.90 Å². The van der Waals surface area contributed by atoms with Crippen LogP contribution in [0.3, 0.4) is 0 Å². The van der Waals surface area contributed by atoms with Crippen molar-refractivity contribution in [3.8, 4) is 6.07 Å². The number of rotatable bonds is 1. The molecule has 1 aromatic heterocycles. The minimum atomic E-state index is 0.400. The van der Waals surface area contributed by atoms with Crippen molar-refractivity contribution in [2.45, 2.75) is 38.3 Å². The Labute approximate surface area is 125 Å². The Bertz CT molecular complexity index is 539. The van der Waals surface area contributed by atoms with Crippen LogP contribution in [-0.2, 0) is 0 Å². The van der Waals surface area contributed by atoms with E-state index in [1.165, 1.54) is 25.8 Å². The van der Waals surface area contributed by atoms with E-state index < -0.39 is 0 Å². The summed E-state index contributed by atoms with van der Waals surface area (Å²) in [6.45, 7) is 5.49. The van der Waals surface area contributed by atoms with Crippen molar-refractivity contribution < 1.29 is 0 Å². The summed E-state index contributed by atoms with van der Waals surface area (Å²) in [5.74, 6) is 0.840. The molecule has 0 spiro atoms. The van der Waals surface area contributed by atoms with Gasteiger partial charge in [0.15, 0.2) is 0 Å². The van der Waals surface area contributed by atoms with Crippen LogP contribution in [0.25, 0.3) is 0 Å². The number of nitrogens with zero attached hydrogens (tertiary/aromatic N) is 4. The SMILES string of the molecule is CC1CN2CCCCC2CN1c1cc(C#N)cc(Cl)n1. The maximum Gasteiger partial charge on any atom is 0.132 e. The fraction of sp³-hybridized carbons (Fsp3) is 0.600. The molecule has 20 heavy (non-hydrogen) atoms. The van der Waals surface area contributed by atoms with Gasteiger partial charge in [-0.3, -0.25) is 4.90 Å². The van der Waals surface area contributed by atoms with Crippen LogP contribution in [0.2, 0.25) is 5.15 Å². The first-order valence-electron chi connectivity index (χ1n) is 7.26. The molecule has 2 unspecified atom stereocenters. The van der Waals surface area contributed by atoms with Gasteiger partial charge in [0, 0.05) is 25.2 Å². The zero-order valence-corrected chi connectivity index (χ0v) is 12.5. The van der Waals surface area contributed by atoms with E-state index in [9.17, 15) is 0 Å². The quantitative estimate of drug-likeness (QED) is 0.746. The van der Waals surface area contributed by atoms with E-state index in [4.69, 9.17) is 16.9 Å². The molecule has 3 rings (SSSR count). The van der Waals surface area contributed by atoms with E-state index in [2.05, 4.69) is 27.8 Å². The molecular weight excluding hydrogens is 272 g/mol. The highest BCUT2D eigenvalue weighted by Gasteiger charge is 2.33. The van der Waals surface area contributed by atoms with Crippen molar-refractivity contribution in [1.29, 1.82) is 5.26 Å². The first-order valence-corrected chi connectivity index (χ1v) is 7.63.